The highest BCUT2D eigenvalue weighted by Gasteiger charge is 2.29. The molecule has 0 amide bonds. The molecule has 0 bridgehead atoms. The SMILES string of the molecule is COc1nc(-c2cccc(-c3cccc(Nc4nc(C(F)F)nc5cc(CN6CC[C@@H](O)C6)cnc45)c3C)c2C)cnc1CN(C)C1CCC(C(=O)O)CC1. The Labute approximate surface area is 318 Å². The minimum absolute atomic E-state index is 0.190. The monoisotopic (exact) mass is 752 g/mol. The first-order valence-corrected chi connectivity index (χ1v) is 18.6. The van der Waals surface area contributed by atoms with Gasteiger partial charge in [-0.15, -0.1) is 0 Å². The van der Waals surface area contributed by atoms with Crippen LogP contribution in [0.15, 0.2) is 54.9 Å². The number of rotatable bonds is 12. The van der Waals surface area contributed by atoms with E-state index in [2.05, 4.69) is 30.1 Å². The van der Waals surface area contributed by atoms with E-state index in [1.807, 2.05) is 57.3 Å². The first-order valence-electron chi connectivity index (χ1n) is 18.6. The van der Waals surface area contributed by atoms with Crippen LogP contribution in [0.2, 0.25) is 0 Å². The Morgan fingerprint density at radius 1 is 0.982 bits per heavy atom. The molecule has 3 N–H and O–H groups in total. The summed E-state index contributed by atoms with van der Waals surface area (Å²) in [7, 11) is 3.61. The number of hydrogen-bond donors (Lipinski definition) is 3. The van der Waals surface area contributed by atoms with Gasteiger partial charge >= 0.3 is 5.97 Å². The summed E-state index contributed by atoms with van der Waals surface area (Å²) in [5, 5.41) is 22.6. The van der Waals surface area contributed by atoms with Crippen LogP contribution in [0.4, 0.5) is 20.3 Å². The van der Waals surface area contributed by atoms with Crippen LogP contribution in [0.1, 0.15) is 66.7 Å². The number of anilines is 2. The van der Waals surface area contributed by atoms with Gasteiger partial charge in [0.05, 0.1) is 36.5 Å². The zero-order valence-corrected chi connectivity index (χ0v) is 31.5. The van der Waals surface area contributed by atoms with Crippen LogP contribution < -0.4 is 10.1 Å². The van der Waals surface area contributed by atoms with Gasteiger partial charge in [0.2, 0.25) is 5.88 Å². The van der Waals surface area contributed by atoms with Gasteiger partial charge in [0.15, 0.2) is 11.6 Å². The van der Waals surface area contributed by atoms with E-state index < -0.39 is 18.2 Å². The molecule has 12 nitrogen and oxygen atoms in total. The number of alkyl halides is 2. The number of likely N-dealkylation sites (tertiary alicyclic amines) is 1. The number of carbonyl (C=O) groups is 1. The van der Waals surface area contributed by atoms with Crippen molar-refractivity contribution in [2.24, 2.45) is 5.92 Å². The number of benzene rings is 2. The van der Waals surface area contributed by atoms with Gasteiger partial charge in [-0.25, -0.2) is 23.7 Å². The van der Waals surface area contributed by atoms with Crippen LogP contribution >= 0.6 is 0 Å². The van der Waals surface area contributed by atoms with Crippen molar-refractivity contribution < 1.29 is 28.5 Å². The maximum atomic E-state index is 14.1. The van der Waals surface area contributed by atoms with E-state index in [9.17, 15) is 23.8 Å². The molecule has 2 aromatic carbocycles. The highest BCUT2D eigenvalue weighted by atomic mass is 19.3. The normalized spacial score (nSPS) is 19.0. The average Bonchev–Trinajstić information content (AvgIpc) is 3.59. The van der Waals surface area contributed by atoms with E-state index in [1.54, 1.807) is 25.6 Å². The second-order valence-corrected chi connectivity index (χ2v) is 14.7. The quantitative estimate of drug-likeness (QED) is 0.119. The molecule has 1 aliphatic heterocycles. The lowest BCUT2D eigenvalue weighted by atomic mass is 9.85. The van der Waals surface area contributed by atoms with Crippen LogP contribution in [0.5, 0.6) is 5.88 Å². The molecule has 1 aliphatic carbocycles. The van der Waals surface area contributed by atoms with Gasteiger partial charge in [-0.1, -0.05) is 30.3 Å². The van der Waals surface area contributed by atoms with E-state index in [1.165, 1.54) is 0 Å². The van der Waals surface area contributed by atoms with Gasteiger partial charge in [-0.05, 0) is 92.9 Å². The Hall–Kier alpha value is -5.18. The highest BCUT2D eigenvalue weighted by Crippen LogP contribution is 2.37. The maximum absolute atomic E-state index is 14.1. The first kappa shape index (κ1) is 38.1. The van der Waals surface area contributed by atoms with E-state index in [-0.39, 0.29) is 23.9 Å². The largest absolute Gasteiger partial charge is 0.481 e. The summed E-state index contributed by atoms with van der Waals surface area (Å²) >= 11 is 0. The van der Waals surface area contributed by atoms with Crippen molar-refractivity contribution in [3.05, 3.63) is 83.1 Å². The fourth-order valence-electron chi connectivity index (χ4n) is 7.89. The predicted molar refractivity (Wildman–Crippen MR) is 205 cm³/mol. The van der Waals surface area contributed by atoms with Gasteiger partial charge in [0, 0.05) is 49.7 Å². The number of nitrogens with one attached hydrogen (secondary N) is 1. The minimum atomic E-state index is -2.87. The Bertz CT molecular complexity index is 2200. The second-order valence-electron chi connectivity index (χ2n) is 14.7. The molecule has 1 saturated carbocycles. The molecule has 1 atom stereocenters. The molecule has 3 aromatic heterocycles. The molecule has 2 aliphatic rings. The lowest BCUT2D eigenvalue weighted by molar-refractivity contribution is -0.143. The predicted octanol–water partition coefficient (Wildman–Crippen LogP) is 7.10. The van der Waals surface area contributed by atoms with Crippen LogP contribution in [-0.4, -0.2) is 90.3 Å². The number of ether oxygens (including phenoxy) is 1. The first-order chi connectivity index (χ1) is 26.5. The Balaban J connectivity index is 1.14. The van der Waals surface area contributed by atoms with Crippen molar-refractivity contribution in [1.82, 2.24) is 34.7 Å². The van der Waals surface area contributed by atoms with Crippen molar-refractivity contribution in [1.29, 1.82) is 0 Å². The number of carboxylic acid groups (broad SMARTS) is 1. The topological polar surface area (TPSA) is 150 Å². The lowest BCUT2D eigenvalue weighted by Crippen LogP contribution is -2.36. The molecule has 0 unspecified atom stereocenters. The number of nitrogens with zero attached hydrogens (tertiary/aromatic N) is 7. The Kier molecular flexibility index (Phi) is 11.3. The zero-order valence-electron chi connectivity index (χ0n) is 31.5. The lowest BCUT2D eigenvalue weighted by Gasteiger charge is -2.33. The number of hydrogen-bond acceptors (Lipinski definition) is 11. The Morgan fingerprint density at radius 3 is 2.40 bits per heavy atom. The van der Waals surface area contributed by atoms with E-state index in [4.69, 9.17) is 14.7 Å². The van der Waals surface area contributed by atoms with E-state index in [0.29, 0.717) is 72.9 Å². The van der Waals surface area contributed by atoms with Gasteiger partial charge in [0.25, 0.3) is 6.43 Å². The molecule has 4 heterocycles. The number of β-amino-alcohol motifs (C(OH)–C–C–N with tert-alkyl or cyclic N) is 1. The summed E-state index contributed by atoms with van der Waals surface area (Å²) in [5.41, 5.74) is 8.24. The molecular formula is C41H46F2N8O4. The average molecular weight is 753 g/mol. The molecule has 14 heteroatoms. The number of carboxylic acids is 1. The van der Waals surface area contributed by atoms with Gasteiger partial charge in [-0.2, -0.15) is 0 Å². The fourth-order valence-corrected chi connectivity index (χ4v) is 7.89. The number of fused-ring (bicyclic) bond motifs is 1. The summed E-state index contributed by atoms with van der Waals surface area (Å²) in [5.74, 6) is -0.941. The van der Waals surface area contributed by atoms with Crippen LogP contribution in [0, 0.1) is 19.8 Å². The number of methoxy groups -OCH3 is 1. The van der Waals surface area contributed by atoms with Gasteiger partial charge in [0.1, 0.15) is 11.2 Å². The molecular weight excluding hydrogens is 706 g/mol. The molecule has 288 valence electrons. The van der Waals surface area contributed by atoms with Crippen LogP contribution in [0.3, 0.4) is 0 Å². The maximum Gasteiger partial charge on any atom is 0.306 e. The summed E-state index contributed by atoms with van der Waals surface area (Å²) in [6.07, 6.45) is 3.90. The number of halogens is 2. The second kappa shape index (κ2) is 16.3. The number of aliphatic hydroxyl groups excluding tert-OH is 1. The molecule has 1 saturated heterocycles. The van der Waals surface area contributed by atoms with Crippen LogP contribution in [0.25, 0.3) is 33.4 Å². The van der Waals surface area contributed by atoms with Crippen molar-refractivity contribution in [3.63, 3.8) is 0 Å². The van der Waals surface area contributed by atoms with Gasteiger partial charge < -0.3 is 20.3 Å². The molecule has 2 fully saturated rings. The number of pyridine rings is 1. The summed E-state index contributed by atoms with van der Waals surface area (Å²) in [6, 6.07) is 13.8. The number of aliphatic carboxylic acids is 1. The van der Waals surface area contributed by atoms with Gasteiger partial charge in [-0.3, -0.25) is 24.6 Å². The molecule has 5 aromatic rings. The zero-order chi connectivity index (χ0) is 38.8. The summed E-state index contributed by atoms with van der Waals surface area (Å²) in [4.78, 5) is 38.3. The van der Waals surface area contributed by atoms with Crippen LogP contribution in [-0.2, 0) is 17.9 Å². The smallest absolute Gasteiger partial charge is 0.306 e. The summed E-state index contributed by atoms with van der Waals surface area (Å²) in [6.45, 7) is 6.37. The minimum Gasteiger partial charge on any atom is -0.481 e. The molecule has 0 spiro atoms. The highest BCUT2D eigenvalue weighted by molar-refractivity contribution is 5.89. The van der Waals surface area contributed by atoms with E-state index >= 15 is 0 Å². The summed E-state index contributed by atoms with van der Waals surface area (Å²) < 4.78 is 33.9. The molecule has 55 heavy (non-hydrogen) atoms. The van der Waals surface area contributed by atoms with E-state index in [0.717, 1.165) is 52.8 Å². The molecule has 0 radical (unpaired) electrons. The fraction of sp³-hybridized carbons (Fsp3) is 0.415. The third-order valence-corrected chi connectivity index (χ3v) is 11.0. The number of aliphatic hydroxyl groups is 1. The van der Waals surface area contributed by atoms with Crippen molar-refractivity contribution in [3.8, 4) is 28.3 Å². The van der Waals surface area contributed by atoms with Crippen molar-refractivity contribution in [2.75, 3.05) is 32.6 Å². The Morgan fingerprint density at radius 2 is 1.71 bits per heavy atom. The van der Waals surface area contributed by atoms with Crippen molar-refractivity contribution in [2.45, 2.75) is 77.6 Å². The third kappa shape index (κ3) is 8.26. The van der Waals surface area contributed by atoms with Crippen molar-refractivity contribution >= 4 is 28.5 Å². The third-order valence-electron chi connectivity index (χ3n) is 11.0. The number of aromatic nitrogens is 5. The molecule has 7 rings (SSSR count). The standard InChI is InChI=1S/C41H46F2N8O4/c1-23-29(7-5-9-31(23)34-19-44-35(40(48-34)55-4)22-50(3)27-13-11-26(12-14-27)41(53)54)30-8-6-10-32(24(30)2)46-38-36-33(47-39(49-38)37(42)43)17-25(18-45-36)20-51-16-15-28(52)21-51/h5-10,17-19,26-28,37,52H,11-16,20-22H2,1-4H3,(H,53,54)(H,46,47,49)/t26?,27?,28-/m1/s1.